The summed E-state index contributed by atoms with van der Waals surface area (Å²) in [4.78, 5) is 10.3. The third kappa shape index (κ3) is 5.74. The summed E-state index contributed by atoms with van der Waals surface area (Å²) < 4.78 is 0. The molecule has 0 bridgehead atoms. The number of rotatable bonds is 7. The van der Waals surface area contributed by atoms with E-state index in [2.05, 4.69) is 10.6 Å². The maximum atomic E-state index is 10.3. The minimum Gasteiger partial charge on any atom is -0.396 e. The molecule has 0 spiro atoms. The summed E-state index contributed by atoms with van der Waals surface area (Å²) in [6, 6.07) is -0.557. The summed E-state index contributed by atoms with van der Waals surface area (Å²) in [5.74, 6) is 0. The van der Waals surface area contributed by atoms with Crippen LogP contribution in [0, 0.1) is 5.41 Å². The Bertz CT molecular complexity index is 171. The fraction of sp³-hybridized carbons (Fsp3) is 0.875. The van der Waals surface area contributed by atoms with E-state index >= 15 is 0 Å². The lowest BCUT2D eigenvalue weighted by atomic mass is 9.93. The first kappa shape index (κ1) is 13.2. The normalized spacial score (nSPS) is 11.4. The number of carbonyl (C=O) groups excluding carboxylic acids is 1. The van der Waals surface area contributed by atoms with Gasteiger partial charge in [0.05, 0.1) is 13.2 Å². The van der Waals surface area contributed by atoms with Gasteiger partial charge < -0.3 is 26.6 Å². The van der Waals surface area contributed by atoms with Crippen LogP contribution in [0.2, 0.25) is 0 Å². The molecular formula is C8H19N3O3. The zero-order chi connectivity index (χ0) is 11.0. The van der Waals surface area contributed by atoms with Gasteiger partial charge >= 0.3 is 6.03 Å². The van der Waals surface area contributed by atoms with Gasteiger partial charge in [-0.1, -0.05) is 6.92 Å². The Morgan fingerprint density at radius 1 is 1.36 bits per heavy atom. The first-order valence-corrected chi connectivity index (χ1v) is 4.50. The molecule has 0 aliphatic rings. The summed E-state index contributed by atoms with van der Waals surface area (Å²) in [6.07, 6.45) is 0. The molecule has 14 heavy (non-hydrogen) atoms. The first-order chi connectivity index (χ1) is 6.54. The molecule has 0 aromatic carbocycles. The van der Waals surface area contributed by atoms with Gasteiger partial charge in [0.2, 0.25) is 0 Å². The second kappa shape index (κ2) is 6.58. The minimum atomic E-state index is -0.557. The van der Waals surface area contributed by atoms with Crippen molar-refractivity contribution in [1.29, 1.82) is 0 Å². The minimum absolute atomic E-state index is 0.0836. The highest BCUT2D eigenvalue weighted by molar-refractivity contribution is 5.71. The van der Waals surface area contributed by atoms with Crippen molar-refractivity contribution in [3.63, 3.8) is 0 Å². The fourth-order valence-electron chi connectivity index (χ4n) is 0.826. The van der Waals surface area contributed by atoms with Crippen LogP contribution < -0.4 is 16.4 Å². The molecule has 0 unspecified atom stereocenters. The number of primary amides is 1. The molecule has 0 saturated heterocycles. The number of aliphatic hydroxyl groups is 2. The van der Waals surface area contributed by atoms with Gasteiger partial charge in [-0.05, 0) is 0 Å². The van der Waals surface area contributed by atoms with Gasteiger partial charge in [0.1, 0.15) is 0 Å². The van der Waals surface area contributed by atoms with Gasteiger partial charge in [-0.25, -0.2) is 4.79 Å². The first-order valence-electron chi connectivity index (χ1n) is 4.50. The third-order valence-corrected chi connectivity index (χ3v) is 1.92. The van der Waals surface area contributed by atoms with E-state index in [4.69, 9.17) is 15.9 Å². The van der Waals surface area contributed by atoms with Gasteiger partial charge in [-0.3, -0.25) is 0 Å². The number of nitrogens with one attached hydrogen (secondary N) is 2. The summed E-state index contributed by atoms with van der Waals surface area (Å²) >= 11 is 0. The molecule has 0 fully saturated rings. The molecule has 0 heterocycles. The van der Waals surface area contributed by atoms with Gasteiger partial charge in [0.25, 0.3) is 0 Å². The van der Waals surface area contributed by atoms with Crippen LogP contribution in [-0.4, -0.2) is 49.1 Å². The molecule has 0 aliphatic carbocycles. The Labute approximate surface area is 83.5 Å². The Morgan fingerprint density at radius 2 is 1.93 bits per heavy atom. The maximum absolute atomic E-state index is 10.3. The van der Waals surface area contributed by atoms with Crippen molar-refractivity contribution < 1.29 is 15.0 Å². The van der Waals surface area contributed by atoms with E-state index in [-0.39, 0.29) is 13.2 Å². The Balaban J connectivity index is 3.47. The zero-order valence-corrected chi connectivity index (χ0v) is 8.42. The molecule has 6 nitrogen and oxygen atoms in total. The lowest BCUT2D eigenvalue weighted by molar-refractivity contribution is 0.0700. The van der Waals surface area contributed by atoms with Crippen LogP contribution in [0.5, 0.6) is 0 Å². The van der Waals surface area contributed by atoms with Crippen LogP contribution in [0.1, 0.15) is 6.92 Å². The standard InChI is InChI=1S/C8H19N3O3/c1-8(5-12,6-13)4-10-2-3-11-7(9)14/h10,12-13H,2-6H2,1H3,(H3,9,11,14). The molecule has 0 atom stereocenters. The number of amides is 2. The number of hydrogen-bond acceptors (Lipinski definition) is 4. The van der Waals surface area contributed by atoms with Crippen LogP contribution in [0.4, 0.5) is 4.79 Å². The zero-order valence-electron chi connectivity index (χ0n) is 8.42. The van der Waals surface area contributed by atoms with E-state index in [1.165, 1.54) is 0 Å². The van der Waals surface area contributed by atoms with Crippen LogP contribution in [-0.2, 0) is 0 Å². The van der Waals surface area contributed by atoms with Crippen molar-refractivity contribution in [1.82, 2.24) is 10.6 Å². The molecule has 0 aliphatic heterocycles. The Morgan fingerprint density at radius 3 is 2.36 bits per heavy atom. The smallest absolute Gasteiger partial charge is 0.312 e. The SMILES string of the molecule is CC(CO)(CO)CNCCNC(N)=O. The van der Waals surface area contributed by atoms with Crippen molar-refractivity contribution in [3.05, 3.63) is 0 Å². The van der Waals surface area contributed by atoms with Crippen LogP contribution >= 0.6 is 0 Å². The molecule has 0 aromatic rings. The number of nitrogens with two attached hydrogens (primary N) is 1. The van der Waals surface area contributed by atoms with Crippen molar-refractivity contribution in [3.8, 4) is 0 Å². The van der Waals surface area contributed by atoms with Crippen molar-refractivity contribution in [2.45, 2.75) is 6.92 Å². The number of aliphatic hydroxyl groups excluding tert-OH is 2. The van der Waals surface area contributed by atoms with Crippen LogP contribution in [0.25, 0.3) is 0 Å². The van der Waals surface area contributed by atoms with Crippen LogP contribution in [0.15, 0.2) is 0 Å². The molecule has 2 amide bonds. The Kier molecular flexibility index (Phi) is 6.18. The van der Waals surface area contributed by atoms with Gasteiger partial charge in [0.15, 0.2) is 0 Å². The number of carbonyl (C=O) groups is 1. The highest BCUT2D eigenvalue weighted by atomic mass is 16.3. The van der Waals surface area contributed by atoms with E-state index < -0.39 is 11.4 Å². The molecule has 0 radical (unpaired) electrons. The van der Waals surface area contributed by atoms with Crippen molar-refractivity contribution >= 4 is 6.03 Å². The summed E-state index contributed by atoms with van der Waals surface area (Å²) in [7, 11) is 0. The van der Waals surface area contributed by atoms with Gasteiger partial charge in [0, 0.05) is 25.0 Å². The number of urea groups is 1. The average molecular weight is 205 g/mol. The third-order valence-electron chi connectivity index (χ3n) is 1.92. The summed E-state index contributed by atoms with van der Waals surface area (Å²) in [5.41, 5.74) is 4.33. The predicted octanol–water partition coefficient (Wildman–Crippen LogP) is -1.76. The van der Waals surface area contributed by atoms with E-state index in [0.717, 1.165) is 0 Å². The molecule has 6 N–H and O–H groups in total. The lowest BCUT2D eigenvalue weighted by Gasteiger charge is -2.24. The van der Waals surface area contributed by atoms with Crippen LogP contribution in [0.3, 0.4) is 0 Å². The van der Waals surface area contributed by atoms with Gasteiger partial charge in [-0.2, -0.15) is 0 Å². The highest BCUT2D eigenvalue weighted by Crippen LogP contribution is 2.11. The largest absolute Gasteiger partial charge is 0.396 e. The molecular weight excluding hydrogens is 186 g/mol. The number of hydrogen-bond donors (Lipinski definition) is 5. The maximum Gasteiger partial charge on any atom is 0.312 e. The van der Waals surface area contributed by atoms with E-state index in [0.29, 0.717) is 19.6 Å². The van der Waals surface area contributed by atoms with Crippen molar-refractivity contribution in [2.24, 2.45) is 11.1 Å². The summed E-state index contributed by atoms with van der Waals surface area (Å²) in [5, 5.41) is 23.3. The Hall–Kier alpha value is -0.850. The van der Waals surface area contributed by atoms with E-state index in [1.807, 2.05) is 0 Å². The topological polar surface area (TPSA) is 108 Å². The monoisotopic (exact) mass is 205 g/mol. The van der Waals surface area contributed by atoms with E-state index in [1.54, 1.807) is 6.92 Å². The van der Waals surface area contributed by atoms with E-state index in [9.17, 15) is 4.79 Å². The highest BCUT2D eigenvalue weighted by Gasteiger charge is 2.21. The fourth-order valence-corrected chi connectivity index (χ4v) is 0.826. The summed E-state index contributed by atoms with van der Waals surface area (Å²) in [6.45, 7) is 3.07. The molecule has 0 saturated carbocycles. The van der Waals surface area contributed by atoms with Crippen molar-refractivity contribution in [2.75, 3.05) is 32.8 Å². The van der Waals surface area contributed by atoms with Gasteiger partial charge in [-0.15, -0.1) is 0 Å². The predicted molar refractivity (Wildman–Crippen MR) is 52.7 cm³/mol. The second-order valence-electron chi connectivity index (χ2n) is 3.59. The molecule has 0 rings (SSSR count). The average Bonchev–Trinajstić information content (AvgIpc) is 2.16. The molecule has 6 heteroatoms. The second-order valence-corrected chi connectivity index (χ2v) is 3.59. The molecule has 84 valence electrons. The molecule has 0 aromatic heterocycles. The quantitative estimate of drug-likeness (QED) is 0.317. The lowest BCUT2D eigenvalue weighted by Crippen LogP contribution is -2.41.